The summed E-state index contributed by atoms with van der Waals surface area (Å²) in [6.45, 7) is 1.17. The number of carbonyl (C=O) groups excluding carboxylic acids is 1. The fourth-order valence-corrected chi connectivity index (χ4v) is 3.32. The van der Waals surface area contributed by atoms with Gasteiger partial charge in [0.2, 0.25) is 0 Å². The van der Waals surface area contributed by atoms with Gasteiger partial charge in [-0.25, -0.2) is 14.4 Å². The predicted octanol–water partition coefficient (Wildman–Crippen LogP) is 4.85. The van der Waals surface area contributed by atoms with Crippen LogP contribution < -0.4 is 5.32 Å². The molecule has 0 bridgehead atoms. The number of aromatic nitrogens is 2. The number of hydrogen-bond acceptors (Lipinski definition) is 5. The molecule has 5 nitrogen and oxygen atoms in total. The van der Waals surface area contributed by atoms with Gasteiger partial charge in [0.25, 0.3) is 5.91 Å². The number of alkyl halides is 3. The molecule has 0 unspecified atom stereocenters. The van der Waals surface area contributed by atoms with Crippen molar-refractivity contribution >= 4 is 17.7 Å². The van der Waals surface area contributed by atoms with Gasteiger partial charge in [-0.1, -0.05) is 6.07 Å². The molecule has 152 valence electrons. The van der Waals surface area contributed by atoms with Crippen LogP contribution in [0.5, 0.6) is 0 Å². The Hall–Kier alpha value is -2.88. The van der Waals surface area contributed by atoms with Crippen molar-refractivity contribution in [2.75, 3.05) is 6.26 Å². The standard InChI is InChI=1S/C19H15F4N3O2S/c1-10-15(18(29-2)26-16(25-10)14-4-3-7-28-14)17(27)24-9-11-5-6-12(20)8-13(11)19(21,22)23/h3-8H,9H2,1-2H3,(H,24,27). The summed E-state index contributed by atoms with van der Waals surface area (Å²) in [5.41, 5.74) is -0.875. The minimum atomic E-state index is -4.74. The molecule has 0 saturated carbocycles. The van der Waals surface area contributed by atoms with Crippen molar-refractivity contribution in [1.82, 2.24) is 15.3 Å². The summed E-state index contributed by atoms with van der Waals surface area (Å²) in [5, 5.41) is 2.80. The number of aryl methyl sites for hydroxylation is 1. The Bertz CT molecular complexity index is 1040. The quantitative estimate of drug-likeness (QED) is 0.359. The fourth-order valence-electron chi connectivity index (χ4n) is 2.70. The second-order valence-electron chi connectivity index (χ2n) is 5.98. The third-order valence-corrected chi connectivity index (χ3v) is 4.72. The number of amides is 1. The first kappa shape index (κ1) is 20.8. The third-order valence-electron chi connectivity index (χ3n) is 4.04. The van der Waals surface area contributed by atoms with E-state index in [2.05, 4.69) is 15.3 Å². The van der Waals surface area contributed by atoms with Crippen LogP contribution in [0.2, 0.25) is 0 Å². The molecule has 0 atom stereocenters. The summed E-state index contributed by atoms with van der Waals surface area (Å²) in [7, 11) is 0. The molecule has 0 aliphatic heterocycles. The number of rotatable bonds is 5. The summed E-state index contributed by atoms with van der Waals surface area (Å²) in [5.74, 6) is -0.909. The Morgan fingerprint density at radius 3 is 2.62 bits per heavy atom. The number of furan rings is 1. The van der Waals surface area contributed by atoms with Crippen LogP contribution >= 0.6 is 11.8 Å². The summed E-state index contributed by atoms with van der Waals surface area (Å²) in [4.78, 5) is 21.2. The summed E-state index contributed by atoms with van der Waals surface area (Å²) >= 11 is 1.20. The highest BCUT2D eigenvalue weighted by Crippen LogP contribution is 2.32. The number of halogens is 4. The van der Waals surface area contributed by atoms with Crippen molar-refractivity contribution in [3.05, 3.63) is 64.8 Å². The molecule has 0 radical (unpaired) electrons. The molecule has 3 aromatic rings. The van der Waals surface area contributed by atoms with Gasteiger partial charge in [-0.15, -0.1) is 11.8 Å². The van der Waals surface area contributed by atoms with E-state index in [1.54, 1.807) is 25.3 Å². The largest absolute Gasteiger partial charge is 0.461 e. The van der Waals surface area contributed by atoms with E-state index < -0.39 is 30.0 Å². The van der Waals surface area contributed by atoms with Crippen molar-refractivity contribution in [3.8, 4) is 11.6 Å². The van der Waals surface area contributed by atoms with Crippen LogP contribution in [0.25, 0.3) is 11.6 Å². The maximum atomic E-state index is 13.2. The molecule has 0 spiro atoms. The Balaban J connectivity index is 1.87. The van der Waals surface area contributed by atoms with E-state index in [9.17, 15) is 22.4 Å². The Morgan fingerprint density at radius 2 is 2.00 bits per heavy atom. The van der Waals surface area contributed by atoms with Crippen molar-refractivity contribution in [2.45, 2.75) is 24.7 Å². The van der Waals surface area contributed by atoms with Gasteiger partial charge in [0, 0.05) is 6.54 Å². The summed E-state index contributed by atoms with van der Waals surface area (Å²) in [6.07, 6.45) is -1.56. The van der Waals surface area contributed by atoms with Crippen LogP contribution in [0.3, 0.4) is 0 Å². The van der Waals surface area contributed by atoms with Crippen molar-refractivity contribution in [1.29, 1.82) is 0 Å². The lowest BCUT2D eigenvalue weighted by atomic mass is 10.1. The van der Waals surface area contributed by atoms with E-state index in [-0.39, 0.29) is 11.1 Å². The molecule has 1 N–H and O–H groups in total. The normalized spacial score (nSPS) is 11.5. The van der Waals surface area contributed by atoms with Gasteiger partial charge >= 0.3 is 6.18 Å². The van der Waals surface area contributed by atoms with E-state index in [1.807, 2.05) is 0 Å². The summed E-state index contributed by atoms with van der Waals surface area (Å²) < 4.78 is 57.9. The topological polar surface area (TPSA) is 68.0 Å². The molecule has 0 saturated heterocycles. The lowest BCUT2D eigenvalue weighted by Gasteiger charge is -2.15. The molecule has 2 aromatic heterocycles. The van der Waals surface area contributed by atoms with E-state index in [0.717, 1.165) is 12.1 Å². The highest BCUT2D eigenvalue weighted by atomic mass is 32.2. The minimum absolute atomic E-state index is 0.156. The van der Waals surface area contributed by atoms with Gasteiger partial charge in [0.1, 0.15) is 10.8 Å². The molecule has 2 heterocycles. The van der Waals surface area contributed by atoms with Gasteiger partial charge in [-0.2, -0.15) is 13.2 Å². The monoisotopic (exact) mass is 425 g/mol. The molecule has 0 aliphatic rings. The number of nitrogens with one attached hydrogen (secondary N) is 1. The van der Waals surface area contributed by atoms with E-state index >= 15 is 0 Å². The maximum absolute atomic E-state index is 13.2. The Morgan fingerprint density at radius 1 is 1.24 bits per heavy atom. The number of carbonyl (C=O) groups is 1. The van der Waals surface area contributed by atoms with Crippen LogP contribution in [0.15, 0.2) is 46.0 Å². The molecule has 1 aromatic carbocycles. The molecule has 10 heteroatoms. The highest BCUT2D eigenvalue weighted by molar-refractivity contribution is 7.98. The zero-order valence-electron chi connectivity index (χ0n) is 15.3. The van der Waals surface area contributed by atoms with Gasteiger partial charge < -0.3 is 9.73 Å². The van der Waals surface area contributed by atoms with Crippen molar-refractivity contribution < 1.29 is 26.8 Å². The zero-order valence-corrected chi connectivity index (χ0v) is 16.1. The maximum Gasteiger partial charge on any atom is 0.416 e. The molecule has 1 amide bonds. The predicted molar refractivity (Wildman–Crippen MR) is 98.8 cm³/mol. The third kappa shape index (κ3) is 4.58. The molecule has 0 fully saturated rings. The SMILES string of the molecule is CSc1nc(-c2ccco2)nc(C)c1C(=O)NCc1ccc(F)cc1C(F)(F)F. The average molecular weight is 425 g/mol. The highest BCUT2D eigenvalue weighted by Gasteiger charge is 2.34. The zero-order chi connectivity index (χ0) is 21.2. The fraction of sp³-hybridized carbons (Fsp3) is 0.211. The molecular formula is C19H15F4N3O2S. The number of thioether (sulfide) groups is 1. The first-order valence-corrected chi connectivity index (χ1v) is 9.53. The van der Waals surface area contributed by atoms with Crippen LogP contribution in [0, 0.1) is 12.7 Å². The first-order valence-electron chi connectivity index (χ1n) is 8.31. The van der Waals surface area contributed by atoms with Crippen molar-refractivity contribution in [2.24, 2.45) is 0 Å². The minimum Gasteiger partial charge on any atom is -0.461 e. The van der Waals surface area contributed by atoms with Gasteiger partial charge in [0.15, 0.2) is 11.6 Å². The number of nitrogens with zero attached hydrogens (tertiary/aromatic N) is 2. The van der Waals surface area contributed by atoms with Crippen LogP contribution in [-0.2, 0) is 12.7 Å². The molecule has 29 heavy (non-hydrogen) atoms. The van der Waals surface area contributed by atoms with Crippen molar-refractivity contribution in [3.63, 3.8) is 0 Å². The second kappa shape index (κ2) is 8.24. The molecule has 0 aliphatic carbocycles. The average Bonchev–Trinajstić information content (AvgIpc) is 3.20. The second-order valence-corrected chi connectivity index (χ2v) is 6.77. The van der Waals surface area contributed by atoms with E-state index in [0.29, 0.717) is 28.4 Å². The summed E-state index contributed by atoms with van der Waals surface area (Å²) in [6, 6.07) is 5.66. The Kier molecular flexibility index (Phi) is 5.92. The smallest absolute Gasteiger partial charge is 0.416 e. The van der Waals surface area contributed by atoms with Gasteiger partial charge in [0.05, 0.1) is 23.1 Å². The Labute approximate surface area is 167 Å². The lowest BCUT2D eigenvalue weighted by molar-refractivity contribution is -0.138. The number of hydrogen-bond donors (Lipinski definition) is 1. The van der Waals surface area contributed by atoms with Gasteiger partial charge in [-0.3, -0.25) is 4.79 Å². The van der Waals surface area contributed by atoms with E-state index in [4.69, 9.17) is 4.42 Å². The molecular weight excluding hydrogens is 410 g/mol. The number of benzene rings is 1. The van der Waals surface area contributed by atoms with E-state index in [1.165, 1.54) is 18.0 Å². The van der Waals surface area contributed by atoms with Crippen LogP contribution in [0.1, 0.15) is 27.2 Å². The van der Waals surface area contributed by atoms with Crippen LogP contribution in [0.4, 0.5) is 17.6 Å². The van der Waals surface area contributed by atoms with Gasteiger partial charge in [-0.05, 0) is 43.0 Å². The lowest BCUT2D eigenvalue weighted by Crippen LogP contribution is -2.26. The molecule has 3 rings (SSSR count). The first-order chi connectivity index (χ1) is 13.7. The van der Waals surface area contributed by atoms with Crippen LogP contribution in [-0.4, -0.2) is 22.1 Å².